The van der Waals surface area contributed by atoms with Gasteiger partial charge in [-0.05, 0) is 24.6 Å². The normalized spacial score (nSPS) is 13.7. The molecular weight excluding hydrogens is 226 g/mol. The molecule has 3 nitrogen and oxygen atoms in total. The SMILES string of the molecule is C[C@@](N)(C(=O)Oc1ccccc1)c1ccccc1. The molecule has 0 heterocycles. The van der Waals surface area contributed by atoms with E-state index in [1.165, 1.54) is 0 Å². The standard InChI is InChI=1S/C15H15NO2/c1-15(16,12-8-4-2-5-9-12)14(17)18-13-10-6-3-7-11-13/h2-11H,16H2,1H3/t15-/m0/s1. The van der Waals surface area contributed by atoms with E-state index in [2.05, 4.69) is 0 Å². The molecule has 2 rings (SSSR count). The van der Waals surface area contributed by atoms with Crippen LogP contribution in [0.25, 0.3) is 0 Å². The van der Waals surface area contributed by atoms with Crippen molar-refractivity contribution in [1.29, 1.82) is 0 Å². The van der Waals surface area contributed by atoms with Crippen molar-refractivity contribution < 1.29 is 9.53 Å². The highest BCUT2D eigenvalue weighted by Gasteiger charge is 2.32. The van der Waals surface area contributed by atoms with Crippen LogP contribution in [-0.2, 0) is 10.3 Å². The zero-order chi connectivity index (χ0) is 13.0. The smallest absolute Gasteiger partial charge is 0.335 e. The van der Waals surface area contributed by atoms with Gasteiger partial charge in [-0.25, -0.2) is 4.79 Å². The third-order valence-electron chi connectivity index (χ3n) is 2.75. The van der Waals surface area contributed by atoms with E-state index < -0.39 is 11.5 Å². The molecule has 0 amide bonds. The highest BCUT2D eigenvalue weighted by Crippen LogP contribution is 2.20. The van der Waals surface area contributed by atoms with Crippen molar-refractivity contribution in [2.45, 2.75) is 12.5 Å². The fourth-order valence-electron chi connectivity index (χ4n) is 1.60. The van der Waals surface area contributed by atoms with Crippen LogP contribution in [-0.4, -0.2) is 5.97 Å². The Kier molecular flexibility index (Phi) is 3.44. The summed E-state index contributed by atoms with van der Waals surface area (Å²) in [6, 6.07) is 18.1. The molecule has 2 N–H and O–H groups in total. The van der Waals surface area contributed by atoms with E-state index in [0.29, 0.717) is 5.75 Å². The maximum absolute atomic E-state index is 12.1. The third kappa shape index (κ3) is 2.57. The number of ether oxygens (including phenoxy) is 1. The first-order valence-electron chi connectivity index (χ1n) is 5.72. The van der Waals surface area contributed by atoms with Gasteiger partial charge < -0.3 is 10.5 Å². The van der Waals surface area contributed by atoms with Crippen LogP contribution in [0.2, 0.25) is 0 Å². The molecule has 1 atom stereocenters. The maximum atomic E-state index is 12.1. The predicted molar refractivity (Wildman–Crippen MR) is 70.1 cm³/mol. The number of esters is 1. The summed E-state index contributed by atoms with van der Waals surface area (Å²) in [4.78, 5) is 12.1. The molecule has 0 saturated carbocycles. The summed E-state index contributed by atoms with van der Waals surface area (Å²) >= 11 is 0. The molecule has 0 fully saturated rings. The fourth-order valence-corrected chi connectivity index (χ4v) is 1.60. The Morgan fingerprint density at radius 1 is 1.00 bits per heavy atom. The molecule has 0 saturated heterocycles. The van der Waals surface area contributed by atoms with Crippen molar-refractivity contribution in [2.75, 3.05) is 0 Å². The lowest BCUT2D eigenvalue weighted by molar-refractivity contribution is -0.140. The number of carbonyl (C=O) groups is 1. The van der Waals surface area contributed by atoms with Crippen LogP contribution >= 0.6 is 0 Å². The Bertz CT molecular complexity index is 521. The number of carbonyl (C=O) groups excluding carboxylic acids is 1. The Hall–Kier alpha value is -2.13. The van der Waals surface area contributed by atoms with Gasteiger partial charge in [0.25, 0.3) is 0 Å². The van der Waals surface area contributed by atoms with Crippen molar-refractivity contribution >= 4 is 5.97 Å². The van der Waals surface area contributed by atoms with Gasteiger partial charge >= 0.3 is 5.97 Å². The second-order valence-electron chi connectivity index (χ2n) is 4.27. The molecule has 92 valence electrons. The molecule has 3 heteroatoms. The van der Waals surface area contributed by atoms with Gasteiger partial charge in [0.15, 0.2) is 0 Å². The molecule has 0 radical (unpaired) electrons. The number of para-hydroxylation sites is 1. The minimum atomic E-state index is -1.16. The van der Waals surface area contributed by atoms with Crippen molar-refractivity contribution in [2.24, 2.45) is 5.73 Å². The van der Waals surface area contributed by atoms with Gasteiger partial charge in [-0.2, -0.15) is 0 Å². The number of rotatable bonds is 3. The van der Waals surface area contributed by atoms with Gasteiger partial charge in [0.05, 0.1) is 0 Å². The fraction of sp³-hybridized carbons (Fsp3) is 0.133. The third-order valence-corrected chi connectivity index (χ3v) is 2.75. The van der Waals surface area contributed by atoms with Gasteiger partial charge in [0, 0.05) is 0 Å². The summed E-state index contributed by atoms with van der Waals surface area (Å²) < 4.78 is 5.27. The summed E-state index contributed by atoms with van der Waals surface area (Å²) in [6.45, 7) is 1.65. The van der Waals surface area contributed by atoms with Crippen molar-refractivity contribution in [3.63, 3.8) is 0 Å². The molecule has 2 aromatic rings. The van der Waals surface area contributed by atoms with Crippen molar-refractivity contribution in [3.05, 3.63) is 66.2 Å². The highest BCUT2D eigenvalue weighted by molar-refractivity contribution is 5.83. The van der Waals surface area contributed by atoms with Gasteiger partial charge in [0.2, 0.25) is 0 Å². The highest BCUT2D eigenvalue weighted by atomic mass is 16.5. The van der Waals surface area contributed by atoms with Crippen molar-refractivity contribution in [3.8, 4) is 5.75 Å². The van der Waals surface area contributed by atoms with Crippen LogP contribution in [0.3, 0.4) is 0 Å². The Labute approximate surface area is 106 Å². The van der Waals surface area contributed by atoms with E-state index in [4.69, 9.17) is 10.5 Å². The van der Waals surface area contributed by atoms with E-state index in [1.54, 1.807) is 31.2 Å². The van der Waals surface area contributed by atoms with Crippen LogP contribution < -0.4 is 10.5 Å². The number of benzene rings is 2. The average Bonchev–Trinajstić information content (AvgIpc) is 2.41. The second kappa shape index (κ2) is 5.02. The summed E-state index contributed by atoms with van der Waals surface area (Å²) in [6.07, 6.45) is 0. The second-order valence-corrected chi connectivity index (χ2v) is 4.27. The quantitative estimate of drug-likeness (QED) is 0.663. The topological polar surface area (TPSA) is 52.3 Å². The number of hydrogen-bond donors (Lipinski definition) is 1. The van der Waals surface area contributed by atoms with Gasteiger partial charge in [-0.1, -0.05) is 48.5 Å². The van der Waals surface area contributed by atoms with Gasteiger partial charge in [0.1, 0.15) is 11.3 Å². The Morgan fingerprint density at radius 2 is 1.50 bits per heavy atom. The molecule has 0 aliphatic heterocycles. The summed E-state index contributed by atoms with van der Waals surface area (Å²) in [5.74, 6) is 0.0232. The first-order valence-corrected chi connectivity index (χ1v) is 5.72. The number of hydrogen-bond acceptors (Lipinski definition) is 3. The predicted octanol–water partition coefficient (Wildman–Crippen LogP) is 2.47. The van der Waals surface area contributed by atoms with Crippen LogP contribution in [0.4, 0.5) is 0 Å². The maximum Gasteiger partial charge on any atom is 0.335 e. The van der Waals surface area contributed by atoms with Crippen molar-refractivity contribution in [1.82, 2.24) is 0 Å². The van der Waals surface area contributed by atoms with E-state index in [-0.39, 0.29) is 0 Å². The Morgan fingerprint density at radius 3 is 2.06 bits per heavy atom. The van der Waals surface area contributed by atoms with E-state index in [0.717, 1.165) is 5.56 Å². The molecule has 0 spiro atoms. The molecule has 0 aromatic heterocycles. The largest absolute Gasteiger partial charge is 0.425 e. The first kappa shape index (κ1) is 12.3. The molecule has 2 aromatic carbocycles. The minimum Gasteiger partial charge on any atom is -0.425 e. The van der Waals surface area contributed by atoms with Crippen LogP contribution in [0.1, 0.15) is 12.5 Å². The summed E-state index contributed by atoms with van der Waals surface area (Å²) in [7, 11) is 0. The van der Waals surface area contributed by atoms with Crippen LogP contribution in [0.15, 0.2) is 60.7 Å². The Balaban J connectivity index is 2.18. The molecular formula is C15H15NO2. The van der Waals surface area contributed by atoms with E-state index in [1.807, 2.05) is 36.4 Å². The molecule has 0 bridgehead atoms. The zero-order valence-corrected chi connectivity index (χ0v) is 10.2. The lowest BCUT2D eigenvalue weighted by Crippen LogP contribution is -2.44. The first-order chi connectivity index (χ1) is 8.60. The van der Waals surface area contributed by atoms with Crippen LogP contribution in [0, 0.1) is 0 Å². The molecule has 0 aliphatic carbocycles. The zero-order valence-electron chi connectivity index (χ0n) is 10.2. The van der Waals surface area contributed by atoms with E-state index in [9.17, 15) is 4.79 Å². The van der Waals surface area contributed by atoms with E-state index >= 15 is 0 Å². The average molecular weight is 241 g/mol. The monoisotopic (exact) mass is 241 g/mol. The summed E-state index contributed by atoms with van der Waals surface area (Å²) in [5, 5.41) is 0. The molecule has 18 heavy (non-hydrogen) atoms. The lowest BCUT2D eigenvalue weighted by atomic mass is 9.93. The van der Waals surface area contributed by atoms with Gasteiger partial charge in [-0.3, -0.25) is 0 Å². The molecule has 0 unspecified atom stereocenters. The minimum absolute atomic E-state index is 0.472. The molecule has 0 aliphatic rings. The summed E-state index contributed by atoms with van der Waals surface area (Å²) in [5.41, 5.74) is 5.63. The number of nitrogens with two attached hydrogens (primary N) is 1. The lowest BCUT2D eigenvalue weighted by Gasteiger charge is -2.22. The van der Waals surface area contributed by atoms with Crippen LogP contribution in [0.5, 0.6) is 5.75 Å². The van der Waals surface area contributed by atoms with Gasteiger partial charge in [-0.15, -0.1) is 0 Å².